The summed E-state index contributed by atoms with van der Waals surface area (Å²) in [6.45, 7) is 10.2. The summed E-state index contributed by atoms with van der Waals surface area (Å²) in [5.41, 5.74) is 1.05. The first-order chi connectivity index (χ1) is 13.9. The van der Waals surface area contributed by atoms with E-state index < -0.39 is 24.1 Å². The van der Waals surface area contributed by atoms with Crippen LogP contribution in [0.25, 0.3) is 0 Å². The van der Waals surface area contributed by atoms with E-state index in [1.165, 1.54) is 16.5 Å². The molecule has 0 saturated carbocycles. The Kier molecular flexibility index (Phi) is 7.66. The summed E-state index contributed by atoms with van der Waals surface area (Å²) in [6.07, 6.45) is 0.817. The van der Waals surface area contributed by atoms with Gasteiger partial charge in [0.1, 0.15) is 14.1 Å². The van der Waals surface area contributed by atoms with Gasteiger partial charge in [0, 0.05) is 19.8 Å². The van der Waals surface area contributed by atoms with Gasteiger partial charge in [-0.25, -0.2) is 8.42 Å². The Morgan fingerprint density at radius 1 is 1.00 bits per heavy atom. The lowest BCUT2D eigenvalue weighted by Crippen LogP contribution is -2.62. The molecule has 0 aliphatic carbocycles. The van der Waals surface area contributed by atoms with Gasteiger partial charge in [-0.1, -0.05) is 73.2 Å². The fraction of sp³-hybridized carbons (Fsp3) is 0.435. The van der Waals surface area contributed by atoms with Gasteiger partial charge in [-0.2, -0.15) is 4.31 Å². The molecule has 1 amide bonds. The van der Waals surface area contributed by atoms with Crippen LogP contribution in [0.3, 0.4) is 0 Å². The average Bonchev–Trinajstić information content (AvgIpc) is 2.73. The lowest BCUT2D eigenvalue weighted by molar-refractivity contribution is -0.134. The summed E-state index contributed by atoms with van der Waals surface area (Å²) in [4.78, 5) is 15.3. The van der Waals surface area contributed by atoms with E-state index in [2.05, 4.69) is 32.2 Å². The average molecular weight is 447 g/mol. The molecule has 0 spiro atoms. The third-order valence-electron chi connectivity index (χ3n) is 6.15. The molecule has 0 bridgehead atoms. The zero-order chi connectivity index (χ0) is 22.7. The minimum absolute atomic E-state index is 0.0605. The third-order valence-corrected chi connectivity index (χ3v) is 12.4. The molecule has 2 rings (SSSR count). The lowest BCUT2D eigenvalue weighted by atomic mass is 10.2. The molecule has 7 heteroatoms. The molecule has 0 saturated heterocycles. The molecular formula is C23H34N2O3SSi. The molecule has 0 aliphatic rings. The van der Waals surface area contributed by atoms with Crippen molar-refractivity contribution in [3.8, 4) is 0 Å². The zero-order valence-corrected chi connectivity index (χ0v) is 20.9. The quantitative estimate of drug-likeness (QED) is 0.584. The molecule has 0 N–H and O–H groups in total. The van der Waals surface area contributed by atoms with Crippen LogP contribution < -0.4 is 5.19 Å². The van der Waals surface area contributed by atoms with Gasteiger partial charge in [-0.15, -0.1) is 0 Å². The van der Waals surface area contributed by atoms with Crippen molar-refractivity contribution in [1.82, 2.24) is 9.21 Å². The van der Waals surface area contributed by atoms with E-state index in [1.54, 1.807) is 43.1 Å². The molecule has 2 unspecified atom stereocenters. The summed E-state index contributed by atoms with van der Waals surface area (Å²) >= 11 is 0. The van der Waals surface area contributed by atoms with Gasteiger partial charge in [0.05, 0.1) is 4.90 Å². The maximum absolute atomic E-state index is 13.3. The zero-order valence-electron chi connectivity index (χ0n) is 19.1. The van der Waals surface area contributed by atoms with Crippen LogP contribution in [0, 0.1) is 6.92 Å². The molecule has 164 valence electrons. The van der Waals surface area contributed by atoms with Crippen LogP contribution >= 0.6 is 0 Å². The summed E-state index contributed by atoms with van der Waals surface area (Å²) in [6, 6.07) is 16.2. The van der Waals surface area contributed by atoms with E-state index in [-0.39, 0.29) is 16.5 Å². The number of carbonyl (C=O) groups is 1. The highest BCUT2D eigenvalue weighted by atomic mass is 32.2. The fourth-order valence-electron chi connectivity index (χ4n) is 4.02. The number of rotatable bonds is 8. The standard InChI is InChI=1S/C23H34N2O3SSi/c1-8-22(30(6,7)21-12-10-9-11-13-21)24(4)23(26)19(3)25(5)29(27,28)20-16-14-18(2)15-17-20/h9-17,19,22H,8H2,1-7H3. The third kappa shape index (κ3) is 4.85. The molecule has 0 heterocycles. The van der Waals surface area contributed by atoms with Crippen LogP contribution in [0.1, 0.15) is 25.8 Å². The van der Waals surface area contributed by atoms with E-state index in [0.717, 1.165) is 12.0 Å². The smallest absolute Gasteiger partial charge is 0.243 e. The minimum atomic E-state index is -3.76. The highest BCUT2D eigenvalue weighted by Crippen LogP contribution is 2.22. The first-order valence-corrected chi connectivity index (χ1v) is 14.8. The van der Waals surface area contributed by atoms with Crippen LogP contribution in [0.15, 0.2) is 59.5 Å². The SMILES string of the molecule is CCC(N(C)C(=O)C(C)N(C)S(=O)(=O)c1ccc(C)cc1)[Si](C)(C)c1ccccc1. The number of hydrogen-bond acceptors (Lipinski definition) is 3. The first kappa shape index (κ1) is 24.3. The molecule has 0 aliphatic heterocycles. The van der Waals surface area contributed by atoms with E-state index in [1.807, 2.05) is 25.1 Å². The van der Waals surface area contributed by atoms with Gasteiger partial charge in [0.25, 0.3) is 0 Å². The largest absolute Gasteiger partial charge is 0.344 e. The number of benzene rings is 2. The van der Waals surface area contributed by atoms with Crippen LogP contribution in [0.4, 0.5) is 0 Å². The van der Waals surface area contributed by atoms with Gasteiger partial charge >= 0.3 is 0 Å². The molecule has 0 aromatic heterocycles. The Balaban J connectivity index is 2.27. The molecule has 5 nitrogen and oxygen atoms in total. The number of nitrogens with zero attached hydrogens (tertiary/aromatic N) is 2. The van der Waals surface area contributed by atoms with Crippen molar-refractivity contribution in [2.45, 2.75) is 56.9 Å². The van der Waals surface area contributed by atoms with Crippen molar-refractivity contribution in [2.24, 2.45) is 0 Å². The fourth-order valence-corrected chi connectivity index (χ4v) is 8.89. The minimum Gasteiger partial charge on any atom is -0.344 e. The van der Waals surface area contributed by atoms with Gasteiger partial charge in [0.15, 0.2) is 0 Å². The lowest BCUT2D eigenvalue weighted by Gasteiger charge is -2.40. The monoisotopic (exact) mass is 446 g/mol. The van der Waals surface area contributed by atoms with E-state index in [0.29, 0.717) is 0 Å². The highest BCUT2D eigenvalue weighted by Gasteiger charge is 2.40. The Labute approximate surface area is 182 Å². The van der Waals surface area contributed by atoms with Crippen molar-refractivity contribution in [1.29, 1.82) is 0 Å². The number of carbonyl (C=O) groups excluding carboxylic acids is 1. The van der Waals surface area contributed by atoms with Crippen molar-refractivity contribution < 1.29 is 13.2 Å². The summed E-state index contributed by atoms with van der Waals surface area (Å²) in [7, 11) is -2.47. The second-order valence-electron chi connectivity index (χ2n) is 8.47. The molecule has 2 atom stereocenters. The molecule has 2 aromatic rings. The van der Waals surface area contributed by atoms with E-state index in [4.69, 9.17) is 0 Å². The van der Waals surface area contributed by atoms with Crippen molar-refractivity contribution in [3.05, 3.63) is 60.2 Å². The van der Waals surface area contributed by atoms with Crippen LogP contribution in [0.2, 0.25) is 13.1 Å². The van der Waals surface area contributed by atoms with Crippen molar-refractivity contribution >= 4 is 29.2 Å². The van der Waals surface area contributed by atoms with Crippen LogP contribution in [-0.4, -0.2) is 57.4 Å². The Morgan fingerprint density at radius 3 is 2.03 bits per heavy atom. The number of amides is 1. The Hall–Kier alpha value is -1.96. The van der Waals surface area contributed by atoms with Crippen LogP contribution in [-0.2, 0) is 14.8 Å². The normalized spacial score (nSPS) is 14.4. The number of aryl methyl sites for hydroxylation is 1. The van der Waals surface area contributed by atoms with Gasteiger partial charge in [0.2, 0.25) is 15.9 Å². The maximum atomic E-state index is 13.3. The summed E-state index contributed by atoms with van der Waals surface area (Å²) < 4.78 is 27.2. The van der Waals surface area contributed by atoms with E-state index >= 15 is 0 Å². The van der Waals surface area contributed by atoms with Gasteiger partial charge in [-0.05, 0) is 32.4 Å². The molecule has 30 heavy (non-hydrogen) atoms. The van der Waals surface area contributed by atoms with Gasteiger partial charge in [-0.3, -0.25) is 4.79 Å². The molecule has 2 aromatic carbocycles. The topological polar surface area (TPSA) is 57.7 Å². The predicted molar refractivity (Wildman–Crippen MR) is 126 cm³/mol. The van der Waals surface area contributed by atoms with Crippen LogP contribution in [0.5, 0.6) is 0 Å². The molecule has 0 fully saturated rings. The number of sulfonamides is 1. The Bertz CT molecular complexity index is 960. The second-order valence-corrected chi connectivity index (χ2v) is 15.2. The first-order valence-electron chi connectivity index (χ1n) is 10.3. The number of hydrogen-bond donors (Lipinski definition) is 0. The second kappa shape index (κ2) is 9.45. The Morgan fingerprint density at radius 2 is 1.53 bits per heavy atom. The van der Waals surface area contributed by atoms with Crippen molar-refractivity contribution in [3.63, 3.8) is 0 Å². The van der Waals surface area contributed by atoms with E-state index in [9.17, 15) is 13.2 Å². The highest BCUT2D eigenvalue weighted by molar-refractivity contribution is 7.89. The van der Waals surface area contributed by atoms with Gasteiger partial charge < -0.3 is 4.90 Å². The molecule has 0 radical (unpaired) electrons. The summed E-state index contributed by atoms with van der Waals surface area (Å²) in [5.74, 6) is -0.184. The molecular weight excluding hydrogens is 412 g/mol. The van der Waals surface area contributed by atoms with Crippen molar-refractivity contribution in [2.75, 3.05) is 14.1 Å². The number of likely N-dealkylation sites (N-methyl/N-ethyl adjacent to an activating group) is 2. The maximum Gasteiger partial charge on any atom is 0.243 e. The predicted octanol–water partition coefficient (Wildman–Crippen LogP) is 3.40. The summed E-state index contributed by atoms with van der Waals surface area (Å²) in [5, 5.41) is 1.28.